The number of carbonyl (C=O) groups excluding carboxylic acids is 2. The molecule has 1 aliphatic heterocycles. The fourth-order valence-corrected chi connectivity index (χ4v) is 5.06. The standard InChI is InChI=1S/C21H19N3O2S/c25-19-11-14(20(26)23-21-22-16-8-4-10-18(16)27-21)12-24(19)17-9-3-6-13-5-1-2-7-15(13)17/h1-3,5-7,9,14H,4,8,10-12H2,(H,22,23,26)/t14-/m1/s1. The Bertz CT molecular complexity index is 1030. The van der Waals surface area contributed by atoms with Crippen LogP contribution >= 0.6 is 11.3 Å². The molecule has 0 bridgehead atoms. The first kappa shape index (κ1) is 16.4. The zero-order valence-electron chi connectivity index (χ0n) is 14.8. The van der Waals surface area contributed by atoms with E-state index in [4.69, 9.17) is 0 Å². The molecule has 1 aromatic heterocycles. The van der Waals surface area contributed by atoms with E-state index in [1.54, 1.807) is 16.2 Å². The van der Waals surface area contributed by atoms with Gasteiger partial charge in [0.15, 0.2) is 5.13 Å². The summed E-state index contributed by atoms with van der Waals surface area (Å²) in [5.41, 5.74) is 2.00. The molecule has 2 amide bonds. The molecule has 1 N–H and O–H groups in total. The Hall–Kier alpha value is -2.73. The van der Waals surface area contributed by atoms with E-state index >= 15 is 0 Å². The maximum Gasteiger partial charge on any atom is 0.231 e. The van der Waals surface area contributed by atoms with E-state index in [0.29, 0.717) is 11.7 Å². The molecule has 1 atom stereocenters. The predicted octanol–water partition coefficient (Wildman–Crippen LogP) is 3.78. The normalized spacial score (nSPS) is 18.9. The molecule has 0 unspecified atom stereocenters. The highest BCUT2D eigenvalue weighted by Gasteiger charge is 2.36. The van der Waals surface area contributed by atoms with Crippen LogP contribution in [0.2, 0.25) is 0 Å². The second-order valence-corrected chi connectivity index (χ2v) is 8.22. The van der Waals surface area contributed by atoms with Gasteiger partial charge < -0.3 is 10.2 Å². The number of nitrogens with zero attached hydrogens (tertiary/aromatic N) is 2. The quantitative estimate of drug-likeness (QED) is 0.756. The van der Waals surface area contributed by atoms with Crippen molar-refractivity contribution in [3.8, 4) is 0 Å². The summed E-state index contributed by atoms with van der Waals surface area (Å²) in [7, 11) is 0. The number of thiazole rings is 1. The number of anilines is 2. The van der Waals surface area contributed by atoms with Gasteiger partial charge in [-0.1, -0.05) is 36.4 Å². The number of aromatic nitrogens is 1. The molecular formula is C21H19N3O2S. The first-order valence-electron chi connectivity index (χ1n) is 9.26. The van der Waals surface area contributed by atoms with Crippen molar-refractivity contribution in [2.24, 2.45) is 5.92 Å². The SMILES string of the molecule is O=C(Nc1nc2c(s1)CCC2)[C@@H]1CC(=O)N(c2cccc3ccccc23)C1. The molecule has 1 aliphatic carbocycles. The first-order chi connectivity index (χ1) is 13.2. The van der Waals surface area contributed by atoms with E-state index in [1.165, 1.54) is 4.88 Å². The van der Waals surface area contributed by atoms with Crippen molar-refractivity contribution in [2.75, 3.05) is 16.8 Å². The summed E-state index contributed by atoms with van der Waals surface area (Å²) in [6.07, 6.45) is 3.44. The smallest absolute Gasteiger partial charge is 0.231 e. The molecule has 6 heteroatoms. The second kappa shape index (κ2) is 6.46. The molecule has 1 fully saturated rings. The number of fused-ring (bicyclic) bond motifs is 2. The van der Waals surface area contributed by atoms with Gasteiger partial charge in [0.25, 0.3) is 0 Å². The molecule has 0 radical (unpaired) electrons. The van der Waals surface area contributed by atoms with Gasteiger partial charge >= 0.3 is 0 Å². The summed E-state index contributed by atoms with van der Waals surface area (Å²) in [5, 5.41) is 5.72. The molecule has 2 aromatic carbocycles. The van der Waals surface area contributed by atoms with Crippen LogP contribution in [0.5, 0.6) is 0 Å². The number of aryl methyl sites for hydroxylation is 2. The average molecular weight is 377 g/mol. The molecule has 0 spiro atoms. The lowest BCUT2D eigenvalue weighted by molar-refractivity contribution is -0.122. The first-order valence-corrected chi connectivity index (χ1v) is 10.1. The highest BCUT2D eigenvalue weighted by molar-refractivity contribution is 7.15. The van der Waals surface area contributed by atoms with Gasteiger partial charge in [0.2, 0.25) is 11.8 Å². The largest absolute Gasteiger partial charge is 0.311 e. The van der Waals surface area contributed by atoms with Crippen LogP contribution in [0, 0.1) is 5.92 Å². The number of amides is 2. The Morgan fingerprint density at radius 1 is 1.15 bits per heavy atom. The monoisotopic (exact) mass is 377 g/mol. The van der Waals surface area contributed by atoms with Crippen LogP contribution in [0.25, 0.3) is 10.8 Å². The maximum absolute atomic E-state index is 12.7. The van der Waals surface area contributed by atoms with Crippen LogP contribution < -0.4 is 10.2 Å². The molecule has 3 aromatic rings. The van der Waals surface area contributed by atoms with Crippen molar-refractivity contribution < 1.29 is 9.59 Å². The lowest BCUT2D eigenvalue weighted by Gasteiger charge is -2.18. The number of hydrogen-bond donors (Lipinski definition) is 1. The molecule has 1 saturated heterocycles. The maximum atomic E-state index is 12.7. The average Bonchev–Trinajstić information content (AvgIpc) is 3.36. The Kier molecular flexibility index (Phi) is 3.93. The van der Waals surface area contributed by atoms with Gasteiger partial charge in [0.1, 0.15) is 0 Å². The summed E-state index contributed by atoms with van der Waals surface area (Å²) in [6.45, 7) is 0.407. The minimum absolute atomic E-state index is 0.00636. The van der Waals surface area contributed by atoms with Crippen molar-refractivity contribution in [1.82, 2.24) is 4.98 Å². The van der Waals surface area contributed by atoms with Crippen LogP contribution in [0.15, 0.2) is 42.5 Å². The fraction of sp³-hybridized carbons (Fsp3) is 0.286. The van der Waals surface area contributed by atoms with Gasteiger partial charge in [-0.3, -0.25) is 9.59 Å². The van der Waals surface area contributed by atoms with Gasteiger partial charge in [-0.25, -0.2) is 4.98 Å². The molecular weight excluding hydrogens is 358 g/mol. The Morgan fingerprint density at radius 2 is 2.00 bits per heavy atom. The number of nitrogens with one attached hydrogen (secondary N) is 1. The zero-order chi connectivity index (χ0) is 18.4. The number of benzene rings is 2. The summed E-state index contributed by atoms with van der Waals surface area (Å²) < 4.78 is 0. The van der Waals surface area contributed by atoms with Crippen LogP contribution in [0.1, 0.15) is 23.4 Å². The lowest BCUT2D eigenvalue weighted by atomic mass is 10.1. The summed E-state index contributed by atoms with van der Waals surface area (Å²) >= 11 is 1.57. The Balaban J connectivity index is 1.35. The minimum Gasteiger partial charge on any atom is -0.311 e. The third kappa shape index (κ3) is 2.90. The molecule has 0 saturated carbocycles. The van der Waals surface area contributed by atoms with Crippen molar-refractivity contribution in [1.29, 1.82) is 0 Å². The van der Waals surface area contributed by atoms with E-state index in [9.17, 15) is 9.59 Å². The van der Waals surface area contributed by atoms with E-state index < -0.39 is 0 Å². The van der Waals surface area contributed by atoms with Crippen LogP contribution in [0.4, 0.5) is 10.8 Å². The number of hydrogen-bond acceptors (Lipinski definition) is 4. The summed E-state index contributed by atoms with van der Waals surface area (Å²) in [6, 6.07) is 13.9. The molecule has 136 valence electrons. The van der Waals surface area contributed by atoms with Crippen LogP contribution in [0.3, 0.4) is 0 Å². The van der Waals surface area contributed by atoms with Gasteiger partial charge in [0.05, 0.1) is 17.3 Å². The zero-order valence-corrected chi connectivity index (χ0v) is 15.6. The van der Waals surface area contributed by atoms with Crippen LogP contribution in [-0.2, 0) is 22.4 Å². The third-order valence-corrected chi connectivity index (χ3v) is 6.45. The van der Waals surface area contributed by atoms with Crippen LogP contribution in [-0.4, -0.2) is 23.3 Å². The predicted molar refractivity (Wildman–Crippen MR) is 107 cm³/mol. The molecule has 27 heavy (non-hydrogen) atoms. The van der Waals surface area contributed by atoms with Gasteiger partial charge in [-0.15, -0.1) is 11.3 Å². The molecule has 5 nitrogen and oxygen atoms in total. The van der Waals surface area contributed by atoms with Crippen molar-refractivity contribution in [3.05, 3.63) is 53.0 Å². The van der Waals surface area contributed by atoms with E-state index in [1.807, 2.05) is 42.5 Å². The Morgan fingerprint density at radius 3 is 2.89 bits per heavy atom. The highest BCUT2D eigenvalue weighted by Crippen LogP contribution is 2.33. The van der Waals surface area contributed by atoms with Crippen molar-refractivity contribution in [3.63, 3.8) is 0 Å². The number of carbonyl (C=O) groups is 2. The van der Waals surface area contributed by atoms with E-state index in [0.717, 1.165) is 41.4 Å². The highest BCUT2D eigenvalue weighted by atomic mass is 32.1. The molecule has 2 aliphatic rings. The van der Waals surface area contributed by atoms with Gasteiger partial charge in [0, 0.05) is 23.2 Å². The topological polar surface area (TPSA) is 62.3 Å². The summed E-state index contributed by atoms with van der Waals surface area (Å²) in [5.74, 6) is -0.471. The molecule has 2 heterocycles. The van der Waals surface area contributed by atoms with Gasteiger partial charge in [-0.05, 0) is 30.7 Å². The van der Waals surface area contributed by atoms with Crippen molar-refractivity contribution in [2.45, 2.75) is 25.7 Å². The minimum atomic E-state index is -0.352. The van der Waals surface area contributed by atoms with E-state index in [-0.39, 0.29) is 24.2 Å². The lowest BCUT2D eigenvalue weighted by Crippen LogP contribution is -2.28. The van der Waals surface area contributed by atoms with Crippen molar-refractivity contribution >= 4 is 44.7 Å². The second-order valence-electron chi connectivity index (χ2n) is 7.14. The van der Waals surface area contributed by atoms with E-state index in [2.05, 4.69) is 10.3 Å². The van der Waals surface area contributed by atoms with Gasteiger partial charge in [-0.2, -0.15) is 0 Å². The number of rotatable bonds is 3. The molecule has 5 rings (SSSR count). The third-order valence-electron chi connectivity index (χ3n) is 5.38. The Labute approximate surface area is 161 Å². The fourth-order valence-electron chi connectivity index (χ4n) is 4.01. The summed E-state index contributed by atoms with van der Waals surface area (Å²) in [4.78, 5) is 32.9.